The number of hydrogen-bond acceptors (Lipinski definition) is 5. The lowest BCUT2D eigenvalue weighted by molar-refractivity contribution is 0.514. The molecule has 3 heterocycles. The topological polar surface area (TPSA) is 67.4 Å². The molecule has 112 valence electrons. The number of hydrogen-bond donors (Lipinski definition) is 1. The van der Waals surface area contributed by atoms with Crippen molar-refractivity contribution in [2.45, 2.75) is 25.9 Å². The van der Waals surface area contributed by atoms with Gasteiger partial charge in [-0.2, -0.15) is 0 Å². The molecule has 1 aromatic heterocycles. The summed E-state index contributed by atoms with van der Waals surface area (Å²) in [5.41, 5.74) is 11.4. The zero-order valence-corrected chi connectivity index (χ0v) is 12.8. The van der Waals surface area contributed by atoms with Crippen LogP contribution in [0.25, 0.3) is 11.3 Å². The molecule has 1 saturated heterocycles. The minimum atomic E-state index is 0.254. The predicted octanol–water partition coefficient (Wildman–Crippen LogP) is 2.17. The minimum Gasteiger partial charge on any atom is -0.352 e. The first-order valence-corrected chi connectivity index (χ1v) is 7.63. The third-order valence-electron chi connectivity index (χ3n) is 4.43. The van der Waals surface area contributed by atoms with Crippen LogP contribution < -0.4 is 10.6 Å². The van der Waals surface area contributed by atoms with Crippen LogP contribution in [-0.2, 0) is 0 Å². The largest absolute Gasteiger partial charge is 0.352 e. The van der Waals surface area contributed by atoms with Gasteiger partial charge in [-0.25, -0.2) is 4.98 Å². The number of rotatable bonds is 2. The second-order valence-corrected chi connectivity index (χ2v) is 6.12. The number of aromatic nitrogens is 2. The number of fused-ring (bicyclic) bond motifs is 1. The lowest BCUT2D eigenvalue weighted by Crippen LogP contribution is -2.56. The molecule has 1 fully saturated rings. The van der Waals surface area contributed by atoms with Crippen LogP contribution in [0.2, 0.25) is 0 Å². The van der Waals surface area contributed by atoms with Crippen molar-refractivity contribution < 1.29 is 0 Å². The highest BCUT2D eigenvalue weighted by Crippen LogP contribution is 2.32. The van der Waals surface area contributed by atoms with Gasteiger partial charge in [-0.3, -0.25) is 9.98 Å². The normalized spacial score (nSPS) is 20.6. The zero-order valence-electron chi connectivity index (χ0n) is 12.8. The highest BCUT2D eigenvalue weighted by Gasteiger charge is 2.25. The molecule has 0 saturated carbocycles. The van der Waals surface area contributed by atoms with E-state index in [1.165, 1.54) is 11.1 Å². The molecule has 0 aliphatic carbocycles. The number of aliphatic imine (C=N–C) groups is 1. The zero-order chi connectivity index (χ0) is 15.3. The van der Waals surface area contributed by atoms with Gasteiger partial charge >= 0.3 is 0 Å². The van der Waals surface area contributed by atoms with Gasteiger partial charge in [0.1, 0.15) is 5.82 Å². The Labute approximate surface area is 129 Å². The second kappa shape index (κ2) is 4.88. The second-order valence-electron chi connectivity index (χ2n) is 6.12. The van der Waals surface area contributed by atoms with Crippen LogP contribution in [0.15, 0.2) is 35.6 Å². The lowest BCUT2D eigenvalue weighted by Gasteiger charge is -2.37. The molecule has 0 bridgehead atoms. The van der Waals surface area contributed by atoms with E-state index in [2.05, 4.69) is 46.9 Å². The summed E-state index contributed by atoms with van der Waals surface area (Å²) >= 11 is 0. The molecule has 4 rings (SSSR count). The predicted molar refractivity (Wildman–Crippen MR) is 88.3 cm³/mol. The molecule has 1 atom stereocenters. The minimum absolute atomic E-state index is 0.254. The van der Waals surface area contributed by atoms with Crippen LogP contribution in [-0.4, -0.2) is 34.8 Å². The first-order valence-electron chi connectivity index (χ1n) is 7.63. The van der Waals surface area contributed by atoms with E-state index >= 15 is 0 Å². The quantitative estimate of drug-likeness (QED) is 0.921. The molecule has 2 aliphatic heterocycles. The standard InChI is InChI=1S/C17H19N5/c1-10-14-4-3-12(5-15(14)11(2)20-10)16-6-19-7-17(21-16)22-8-13(18)9-22/h3-7,10,13H,8-9,18H2,1-2H3/t10-/m1/s1. The van der Waals surface area contributed by atoms with Gasteiger partial charge in [-0.1, -0.05) is 12.1 Å². The Balaban J connectivity index is 1.69. The molecular weight excluding hydrogens is 274 g/mol. The SMILES string of the molecule is CC1=N[C@H](C)c2ccc(-c3cncc(N4CC(N)C4)n3)cc21. The monoisotopic (exact) mass is 293 g/mol. The summed E-state index contributed by atoms with van der Waals surface area (Å²) in [6.45, 7) is 5.90. The molecule has 5 nitrogen and oxygen atoms in total. The van der Waals surface area contributed by atoms with Gasteiger partial charge in [0.2, 0.25) is 0 Å². The van der Waals surface area contributed by atoms with E-state index < -0.39 is 0 Å². The molecule has 1 aromatic carbocycles. The summed E-state index contributed by atoms with van der Waals surface area (Å²) in [6.07, 6.45) is 3.62. The van der Waals surface area contributed by atoms with Crippen molar-refractivity contribution in [1.82, 2.24) is 9.97 Å². The van der Waals surface area contributed by atoms with Crippen molar-refractivity contribution in [2.75, 3.05) is 18.0 Å². The highest BCUT2D eigenvalue weighted by molar-refractivity contribution is 6.03. The number of nitrogens with two attached hydrogens (primary N) is 1. The lowest BCUT2D eigenvalue weighted by atomic mass is 9.99. The molecule has 22 heavy (non-hydrogen) atoms. The van der Waals surface area contributed by atoms with Gasteiger partial charge < -0.3 is 10.6 Å². The smallest absolute Gasteiger partial charge is 0.147 e. The van der Waals surface area contributed by atoms with Crippen LogP contribution in [0.3, 0.4) is 0 Å². The third-order valence-corrected chi connectivity index (χ3v) is 4.43. The van der Waals surface area contributed by atoms with Gasteiger partial charge in [0, 0.05) is 36.0 Å². The fraction of sp³-hybridized carbons (Fsp3) is 0.353. The molecule has 0 radical (unpaired) electrons. The van der Waals surface area contributed by atoms with E-state index in [9.17, 15) is 0 Å². The molecule has 2 aliphatic rings. The molecular formula is C17H19N5. The molecule has 0 amide bonds. The maximum absolute atomic E-state index is 5.84. The van der Waals surface area contributed by atoms with Crippen molar-refractivity contribution >= 4 is 11.5 Å². The number of benzene rings is 1. The van der Waals surface area contributed by atoms with E-state index in [4.69, 9.17) is 10.7 Å². The average molecular weight is 293 g/mol. The Morgan fingerprint density at radius 2 is 2.05 bits per heavy atom. The Morgan fingerprint density at radius 1 is 1.23 bits per heavy atom. The van der Waals surface area contributed by atoms with Crippen LogP contribution in [0.5, 0.6) is 0 Å². The summed E-state index contributed by atoms with van der Waals surface area (Å²) in [4.78, 5) is 15.9. The maximum atomic E-state index is 5.84. The fourth-order valence-corrected chi connectivity index (χ4v) is 3.17. The summed E-state index contributed by atoms with van der Waals surface area (Å²) in [5, 5.41) is 0. The van der Waals surface area contributed by atoms with E-state index in [-0.39, 0.29) is 12.1 Å². The van der Waals surface area contributed by atoms with E-state index in [0.717, 1.165) is 35.9 Å². The van der Waals surface area contributed by atoms with Crippen molar-refractivity contribution in [1.29, 1.82) is 0 Å². The van der Waals surface area contributed by atoms with Crippen molar-refractivity contribution in [3.8, 4) is 11.3 Å². The number of nitrogens with zero attached hydrogens (tertiary/aromatic N) is 4. The first kappa shape index (κ1) is 13.4. The summed E-state index contributed by atoms with van der Waals surface area (Å²) in [7, 11) is 0. The van der Waals surface area contributed by atoms with Crippen LogP contribution >= 0.6 is 0 Å². The molecule has 0 spiro atoms. The van der Waals surface area contributed by atoms with Gasteiger partial charge in [0.25, 0.3) is 0 Å². The maximum Gasteiger partial charge on any atom is 0.147 e. The van der Waals surface area contributed by atoms with E-state index in [1.54, 1.807) is 6.20 Å². The van der Waals surface area contributed by atoms with Gasteiger partial charge in [-0.05, 0) is 25.5 Å². The number of anilines is 1. The van der Waals surface area contributed by atoms with Crippen LogP contribution in [0.1, 0.15) is 31.0 Å². The molecule has 2 aromatic rings. The Hall–Kier alpha value is -2.27. The van der Waals surface area contributed by atoms with Crippen molar-refractivity contribution in [3.63, 3.8) is 0 Å². The average Bonchev–Trinajstić information content (AvgIpc) is 2.79. The van der Waals surface area contributed by atoms with Gasteiger partial charge in [-0.15, -0.1) is 0 Å². The van der Waals surface area contributed by atoms with Crippen molar-refractivity contribution in [3.05, 3.63) is 41.7 Å². The summed E-state index contributed by atoms with van der Waals surface area (Å²) < 4.78 is 0. The van der Waals surface area contributed by atoms with Crippen LogP contribution in [0.4, 0.5) is 5.82 Å². The Bertz CT molecular complexity index is 761. The summed E-state index contributed by atoms with van der Waals surface area (Å²) in [5.74, 6) is 0.901. The highest BCUT2D eigenvalue weighted by atomic mass is 15.3. The van der Waals surface area contributed by atoms with Crippen molar-refractivity contribution in [2.24, 2.45) is 10.7 Å². The Kier molecular flexibility index (Phi) is 2.97. The molecule has 2 N–H and O–H groups in total. The third kappa shape index (κ3) is 2.09. The fourth-order valence-electron chi connectivity index (χ4n) is 3.17. The van der Waals surface area contributed by atoms with Gasteiger partial charge in [0.15, 0.2) is 0 Å². The first-order chi connectivity index (χ1) is 10.6. The van der Waals surface area contributed by atoms with E-state index in [1.807, 2.05) is 6.20 Å². The molecule has 0 unspecified atom stereocenters. The van der Waals surface area contributed by atoms with Gasteiger partial charge in [0.05, 0.1) is 24.1 Å². The molecule has 5 heteroatoms. The summed E-state index contributed by atoms with van der Waals surface area (Å²) in [6, 6.07) is 6.95. The van der Waals surface area contributed by atoms with E-state index in [0.29, 0.717) is 0 Å². The Morgan fingerprint density at radius 3 is 2.82 bits per heavy atom. The van der Waals surface area contributed by atoms with Crippen LogP contribution in [0, 0.1) is 0 Å².